The molecule has 7 rings (SSSR count). The maximum absolute atomic E-state index is 4.99. The molecule has 5 aromatic rings. The van der Waals surface area contributed by atoms with Gasteiger partial charge in [-0.1, -0.05) is 60.7 Å². The van der Waals surface area contributed by atoms with Crippen LogP contribution < -0.4 is 0 Å². The number of aromatic nitrogens is 4. The SMILES string of the molecule is C1=Cc2nc1cc1ccc([nH]1)c(-c1ccccc1)c1nc(cc3ccc([nH]3)c2-c2ccccc2)C=C1.[Zn+2]. The van der Waals surface area contributed by atoms with E-state index in [2.05, 4.69) is 119 Å². The summed E-state index contributed by atoms with van der Waals surface area (Å²) in [6, 6.07) is 33.4. The molecule has 37 heavy (non-hydrogen) atoms. The van der Waals surface area contributed by atoms with E-state index < -0.39 is 0 Å². The zero-order chi connectivity index (χ0) is 23.9. The zero-order valence-electron chi connectivity index (χ0n) is 20.1. The second kappa shape index (κ2) is 9.61. The van der Waals surface area contributed by atoms with Crippen LogP contribution in [0.4, 0.5) is 0 Å². The number of aromatic amines is 2. The fourth-order valence-electron chi connectivity index (χ4n) is 4.89. The second-order valence-electron chi connectivity index (χ2n) is 8.94. The third-order valence-electron chi connectivity index (χ3n) is 6.52. The molecule has 2 aromatic carbocycles. The van der Waals surface area contributed by atoms with Gasteiger partial charge in [0.25, 0.3) is 0 Å². The first-order valence-electron chi connectivity index (χ1n) is 12.0. The maximum atomic E-state index is 4.99. The molecule has 5 heterocycles. The van der Waals surface area contributed by atoms with Gasteiger partial charge in [0.2, 0.25) is 0 Å². The molecule has 2 aliphatic rings. The summed E-state index contributed by atoms with van der Waals surface area (Å²) in [5, 5.41) is 0. The first kappa shape index (κ1) is 23.1. The topological polar surface area (TPSA) is 57.4 Å². The number of rotatable bonds is 2. The Balaban J connectivity index is 0.00000252. The van der Waals surface area contributed by atoms with Gasteiger partial charge in [0.05, 0.1) is 22.8 Å². The molecule has 2 N–H and O–H groups in total. The molecule has 5 heteroatoms. The van der Waals surface area contributed by atoms with Gasteiger partial charge in [0.1, 0.15) is 0 Å². The van der Waals surface area contributed by atoms with Crippen LogP contribution in [-0.2, 0) is 19.5 Å². The molecule has 0 amide bonds. The Morgan fingerprint density at radius 1 is 0.459 bits per heavy atom. The van der Waals surface area contributed by atoms with Crippen molar-refractivity contribution in [1.29, 1.82) is 0 Å². The molecule has 2 aliphatic heterocycles. The Morgan fingerprint density at radius 2 is 0.892 bits per heavy atom. The van der Waals surface area contributed by atoms with Crippen LogP contribution in [0.1, 0.15) is 22.8 Å². The largest absolute Gasteiger partial charge is 2.00 e. The number of nitrogens with one attached hydrogen (secondary N) is 2. The average Bonchev–Trinajstić information content (AvgIpc) is 3.72. The van der Waals surface area contributed by atoms with Gasteiger partial charge in [0, 0.05) is 33.2 Å². The third-order valence-corrected chi connectivity index (χ3v) is 6.52. The van der Waals surface area contributed by atoms with Crippen LogP contribution >= 0.6 is 0 Å². The molecule has 3 aromatic heterocycles. The van der Waals surface area contributed by atoms with Gasteiger partial charge in [-0.3, -0.25) is 0 Å². The van der Waals surface area contributed by atoms with Crippen molar-refractivity contribution in [3.8, 4) is 22.3 Å². The van der Waals surface area contributed by atoms with Crippen molar-refractivity contribution >= 4 is 46.4 Å². The fourth-order valence-corrected chi connectivity index (χ4v) is 4.89. The number of hydrogen-bond acceptors (Lipinski definition) is 2. The van der Waals surface area contributed by atoms with E-state index in [4.69, 9.17) is 9.97 Å². The van der Waals surface area contributed by atoms with Gasteiger partial charge in [-0.25, -0.2) is 9.97 Å². The molecule has 0 fully saturated rings. The number of hydrogen-bond donors (Lipinski definition) is 2. The van der Waals surface area contributed by atoms with Crippen LogP contribution in [0, 0.1) is 0 Å². The quantitative estimate of drug-likeness (QED) is 0.224. The van der Waals surface area contributed by atoms with Crippen LogP contribution in [0.5, 0.6) is 0 Å². The number of H-pyrrole nitrogens is 2. The third kappa shape index (κ3) is 4.39. The van der Waals surface area contributed by atoms with Gasteiger partial charge in [-0.2, -0.15) is 0 Å². The van der Waals surface area contributed by atoms with E-state index in [9.17, 15) is 0 Å². The monoisotopic (exact) mass is 526 g/mol. The van der Waals surface area contributed by atoms with Crippen molar-refractivity contribution in [3.05, 3.63) is 120 Å². The number of fused-ring (bicyclic) bond motifs is 8. The molecule has 0 spiro atoms. The van der Waals surface area contributed by atoms with Gasteiger partial charge in [-0.05, 0) is 71.8 Å². The van der Waals surface area contributed by atoms with Crippen molar-refractivity contribution < 1.29 is 19.5 Å². The fraction of sp³-hybridized carbons (Fsp3) is 0. The van der Waals surface area contributed by atoms with Gasteiger partial charge >= 0.3 is 19.5 Å². The summed E-state index contributed by atoms with van der Waals surface area (Å²) in [5.41, 5.74) is 12.1. The Morgan fingerprint density at radius 3 is 1.32 bits per heavy atom. The first-order valence-corrected chi connectivity index (χ1v) is 12.0. The van der Waals surface area contributed by atoms with Gasteiger partial charge < -0.3 is 9.97 Å². The van der Waals surface area contributed by atoms with Crippen molar-refractivity contribution in [2.75, 3.05) is 0 Å². The zero-order valence-corrected chi connectivity index (χ0v) is 23.1. The van der Waals surface area contributed by atoms with E-state index in [0.717, 1.165) is 67.1 Å². The van der Waals surface area contributed by atoms with Crippen LogP contribution in [0.15, 0.2) is 97.1 Å². The normalized spacial score (nSPS) is 11.9. The van der Waals surface area contributed by atoms with Crippen molar-refractivity contribution in [2.45, 2.75) is 0 Å². The van der Waals surface area contributed by atoms with Crippen molar-refractivity contribution in [1.82, 2.24) is 19.9 Å². The van der Waals surface area contributed by atoms with E-state index in [1.54, 1.807) is 0 Å². The van der Waals surface area contributed by atoms with Gasteiger partial charge in [-0.15, -0.1) is 0 Å². The molecule has 170 valence electrons. The maximum Gasteiger partial charge on any atom is 2.00 e. The summed E-state index contributed by atoms with van der Waals surface area (Å²) in [6.45, 7) is 0. The summed E-state index contributed by atoms with van der Waals surface area (Å²) >= 11 is 0. The minimum absolute atomic E-state index is 0. The molecular weight excluding hydrogens is 506 g/mol. The number of benzene rings is 2. The molecular formula is C32H22N4Zn+2. The van der Waals surface area contributed by atoms with E-state index in [-0.39, 0.29) is 19.5 Å². The number of nitrogens with zero attached hydrogens (tertiary/aromatic N) is 2. The summed E-state index contributed by atoms with van der Waals surface area (Å²) in [6.07, 6.45) is 8.32. The summed E-state index contributed by atoms with van der Waals surface area (Å²) < 4.78 is 0. The Hall–Kier alpha value is -4.34. The Kier molecular flexibility index (Phi) is 6.00. The van der Waals surface area contributed by atoms with Gasteiger partial charge in [0.15, 0.2) is 0 Å². The van der Waals surface area contributed by atoms with Crippen LogP contribution in [0.3, 0.4) is 0 Å². The molecule has 0 aliphatic carbocycles. The van der Waals surface area contributed by atoms with E-state index in [0.29, 0.717) is 0 Å². The van der Waals surface area contributed by atoms with Crippen LogP contribution in [0.2, 0.25) is 0 Å². The molecule has 8 bridgehead atoms. The summed E-state index contributed by atoms with van der Waals surface area (Å²) in [4.78, 5) is 17.2. The molecule has 0 atom stereocenters. The average molecular weight is 528 g/mol. The smallest absolute Gasteiger partial charge is 0.355 e. The van der Waals surface area contributed by atoms with E-state index in [1.807, 2.05) is 12.1 Å². The van der Waals surface area contributed by atoms with Crippen molar-refractivity contribution in [2.24, 2.45) is 0 Å². The predicted molar refractivity (Wildman–Crippen MR) is 150 cm³/mol. The van der Waals surface area contributed by atoms with Crippen LogP contribution in [0.25, 0.3) is 68.6 Å². The standard InChI is InChI=1S/C32H22N4.Zn/c1-3-7-21(8-4-1)31-27-15-11-23(33-27)19-25-13-17-29(35-25)32(22-9-5-2-6-10-22)30-18-14-26(36-30)20-24-12-16-28(31)34-24;/h1-20,33,36H;/q;+2. The molecule has 0 radical (unpaired) electrons. The molecule has 0 saturated carbocycles. The minimum Gasteiger partial charge on any atom is -0.355 e. The van der Waals surface area contributed by atoms with Crippen LogP contribution in [-0.4, -0.2) is 19.9 Å². The van der Waals surface area contributed by atoms with Crippen molar-refractivity contribution in [3.63, 3.8) is 0 Å². The second-order valence-corrected chi connectivity index (χ2v) is 8.94. The van der Waals surface area contributed by atoms with E-state index >= 15 is 0 Å². The Labute approximate surface area is 227 Å². The minimum atomic E-state index is 0. The molecule has 4 nitrogen and oxygen atoms in total. The first-order chi connectivity index (χ1) is 17.8. The summed E-state index contributed by atoms with van der Waals surface area (Å²) in [5.74, 6) is 0. The predicted octanol–water partition coefficient (Wildman–Crippen LogP) is 7.99. The van der Waals surface area contributed by atoms with E-state index in [1.165, 1.54) is 0 Å². The summed E-state index contributed by atoms with van der Waals surface area (Å²) in [7, 11) is 0. The molecule has 0 unspecified atom stereocenters. The Bertz CT molecular complexity index is 1690. The molecule has 0 saturated heterocycles.